The van der Waals surface area contributed by atoms with Crippen LogP contribution in [0.25, 0.3) is 22.3 Å². The van der Waals surface area contributed by atoms with Crippen molar-refractivity contribution in [2.24, 2.45) is 0 Å². The number of ketones is 1. The second-order valence-corrected chi connectivity index (χ2v) is 9.13. The molecule has 36 heavy (non-hydrogen) atoms. The molecule has 5 nitrogen and oxygen atoms in total. The number of benzene rings is 3. The first-order chi connectivity index (χ1) is 17.4. The maximum Gasteiger partial charge on any atom is 0.303 e. The molecule has 0 unspecified atom stereocenters. The molecule has 0 bridgehead atoms. The van der Waals surface area contributed by atoms with Gasteiger partial charge in [-0.2, -0.15) is 0 Å². The summed E-state index contributed by atoms with van der Waals surface area (Å²) in [7, 11) is 0. The number of hydrogen-bond acceptors (Lipinski definition) is 4. The lowest BCUT2D eigenvalue weighted by Crippen LogP contribution is -2.04. The Morgan fingerprint density at radius 1 is 0.806 bits per heavy atom. The van der Waals surface area contributed by atoms with Crippen LogP contribution in [0.15, 0.2) is 85.1 Å². The first-order valence-corrected chi connectivity index (χ1v) is 12.2. The van der Waals surface area contributed by atoms with E-state index in [4.69, 9.17) is 28.3 Å². The molecule has 182 valence electrons. The Kier molecular flexibility index (Phi) is 8.36. The highest BCUT2D eigenvalue weighted by Gasteiger charge is 2.11. The summed E-state index contributed by atoms with van der Waals surface area (Å²) in [5.74, 6) is -1.05. The van der Waals surface area contributed by atoms with E-state index in [0.29, 0.717) is 28.7 Å². The van der Waals surface area contributed by atoms with E-state index in [2.05, 4.69) is 16.4 Å². The zero-order valence-electron chi connectivity index (χ0n) is 19.4. The Morgan fingerprint density at radius 3 is 2.22 bits per heavy atom. The van der Waals surface area contributed by atoms with Gasteiger partial charge < -0.3 is 10.4 Å². The molecule has 7 heteroatoms. The van der Waals surface area contributed by atoms with Crippen molar-refractivity contribution in [1.82, 2.24) is 4.98 Å². The van der Waals surface area contributed by atoms with E-state index in [0.717, 1.165) is 33.5 Å². The van der Waals surface area contributed by atoms with Gasteiger partial charge in [0, 0.05) is 36.8 Å². The molecule has 0 aliphatic heterocycles. The lowest BCUT2D eigenvalue weighted by atomic mass is 10.00. The lowest BCUT2D eigenvalue weighted by Gasteiger charge is -2.13. The van der Waals surface area contributed by atoms with Gasteiger partial charge in [0.25, 0.3) is 0 Å². The largest absolute Gasteiger partial charge is 0.481 e. The van der Waals surface area contributed by atoms with E-state index in [-0.39, 0.29) is 18.6 Å². The van der Waals surface area contributed by atoms with Crippen molar-refractivity contribution in [3.63, 3.8) is 0 Å². The van der Waals surface area contributed by atoms with Crippen LogP contribution >= 0.6 is 23.2 Å². The summed E-state index contributed by atoms with van der Waals surface area (Å²) in [6.45, 7) is 0.609. The first-order valence-electron chi connectivity index (χ1n) is 11.5. The summed E-state index contributed by atoms with van der Waals surface area (Å²) >= 11 is 12.2. The van der Waals surface area contributed by atoms with Crippen LogP contribution in [0.5, 0.6) is 0 Å². The van der Waals surface area contributed by atoms with Crippen molar-refractivity contribution < 1.29 is 14.7 Å². The number of aromatic nitrogens is 1. The van der Waals surface area contributed by atoms with Crippen LogP contribution in [-0.4, -0.2) is 21.8 Å². The topological polar surface area (TPSA) is 79.3 Å². The number of hydrogen-bond donors (Lipinski definition) is 2. The summed E-state index contributed by atoms with van der Waals surface area (Å²) in [6.07, 6.45) is 2.14. The Bertz CT molecular complexity index is 1370. The van der Waals surface area contributed by atoms with Crippen molar-refractivity contribution in [1.29, 1.82) is 0 Å². The predicted molar refractivity (Wildman–Crippen MR) is 145 cm³/mol. The number of halogens is 2. The molecule has 1 heterocycles. The van der Waals surface area contributed by atoms with Crippen LogP contribution in [0.2, 0.25) is 10.0 Å². The van der Waals surface area contributed by atoms with Gasteiger partial charge in [0.15, 0.2) is 5.78 Å². The van der Waals surface area contributed by atoms with E-state index < -0.39 is 5.97 Å². The van der Waals surface area contributed by atoms with Crippen molar-refractivity contribution in [3.8, 4) is 22.3 Å². The van der Waals surface area contributed by atoms with Crippen LogP contribution in [-0.2, 0) is 11.3 Å². The lowest BCUT2D eigenvalue weighted by molar-refractivity contribution is -0.137. The molecule has 0 amide bonds. The van der Waals surface area contributed by atoms with Gasteiger partial charge in [0.2, 0.25) is 0 Å². The second kappa shape index (κ2) is 11.8. The number of pyridine rings is 1. The highest BCUT2D eigenvalue weighted by Crippen LogP contribution is 2.30. The SMILES string of the molecule is O=C(O)CCCC(=O)c1ccc(-c2ccccc2CNc2ccc(-c3ccc(Cl)c(Cl)c3)cc2)cn1. The average molecular weight is 519 g/mol. The fourth-order valence-electron chi connectivity index (χ4n) is 3.86. The monoisotopic (exact) mass is 518 g/mol. The van der Waals surface area contributed by atoms with E-state index >= 15 is 0 Å². The number of nitrogens with zero attached hydrogens (tertiary/aromatic N) is 1. The summed E-state index contributed by atoms with van der Waals surface area (Å²) < 4.78 is 0. The number of carboxylic acid groups (broad SMARTS) is 1. The van der Waals surface area contributed by atoms with Crippen molar-refractivity contribution in [2.45, 2.75) is 25.8 Å². The fourth-order valence-corrected chi connectivity index (χ4v) is 4.15. The van der Waals surface area contributed by atoms with Gasteiger partial charge in [-0.3, -0.25) is 14.6 Å². The Hall–Kier alpha value is -3.67. The van der Waals surface area contributed by atoms with Crippen molar-refractivity contribution >= 4 is 40.6 Å². The van der Waals surface area contributed by atoms with Gasteiger partial charge in [-0.25, -0.2) is 0 Å². The van der Waals surface area contributed by atoms with Gasteiger partial charge in [-0.05, 0) is 59.0 Å². The first kappa shape index (κ1) is 25.4. The minimum Gasteiger partial charge on any atom is -0.481 e. The number of aliphatic carboxylic acids is 1. The van der Waals surface area contributed by atoms with Gasteiger partial charge in [-0.1, -0.05) is 71.7 Å². The number of rotatable bonds is 10. The normalized spacial score (nSPS) is 10.7. The molecule has 0 saturated carbocycles. The van der Waals surface area contributed by atoms with Crippen LogP contribution < -0.4 is 5.32 Å². The number of Topliss-reactive ketones (excluding diaryl/α,β-unsaturated/α-hetero) is 1. The highest BCUT2D eigenvalue weighted by atomic mass is 35.5. The van der Waals surface area contributed by atoms with Gasteiger partial charge in [-0.15, -0.1) is 0 Å². The quantitative estimate of drug-likeness (QED) is 0.209. The fraction of sp³-hybridized carbons (Fsp3) is 0.138. The summed E-state index contributed by atoms with van der Waals surface area (Å²) in [4.78, 5) is 27.2. The van der Waals surface area contributed by atoms with Crippen LogP contribution in [0, 0.1) is 0 Å². The van der Waals surface area contributed by atoms with Gasteiger partial charge in [0.05, 0.1) is 10.0 Å². The molecule has 0 aliphatic carbocycles. The molecular formula is C29H24Cl2N2O3. The van der Waals surface area contributed by atoms with Crippen LogP contribution in [0.3, 0.4) is 0 Å². The number of carbonyl (C=O) groups is 2. The summed E-state index contributed by atoms with van der Waals surface area (Å²) in [5.41, 5.74) is 6.39. The van der Waals surface area contributed by atoms with E-state index in [9.17, 15) is 9.59 Å². The molecule has 4 aromatic rings. The molecule has 0 saturated heterocycles. The standard InChI is InChI=1S/C29H24Cl2N2O3/c30-25-14-10-20(16-26(25)31)19-8-12-23(13-9-19)32-17-21-4-1-2-5-24(21)22-11-15-27(33-18-22)28(34)6-3-7-29(35)36/h1-2,4-5,8-16,18,32H,3,6-7,17H2,(H,35,36). The number of nitrogens with one attached hydrogen (secondary N) is 1. The number of carboxylic acids is 1. The van der Waals surface area contributed by atoms with Gasteiger partial charge >= 0.3 is 5.97 Å². The summed E-state index contributed by atoms with van der Waals surface area (Å²) in [6, 6.07) is 25.3. The number of anilines is 1. The highest BCUT2D eigenvalue weighted by molar-refractivity contribution is 6.42. The van der Waals surface area contributed by atoms with E-state index in [1.807, 2.05) is 60.7 Å². The molecule has 0 aliphatic rings. The zero-order chi connectivity index (χ0) is 25.5. The zero-order valence-corrected chi connectivity index (χ0v) is 20.9. The van der Waals surface area contributed by atoms with Gasteiger partial charge in [0.1, 0.15) is 5.69 Å². The molecule has 0 fully saturated rings. The Morgan fingerprint density at radius 2 is 1.53 bits per heavy atom. The maximum atomic E-state index is 12.3. The third-order valence-corrected chi connectivity index (χ3v) is 6.53. The van der Waals surface area contributed by atoms with Crippen LogP contribution in [0.4, 0.5) is 5.69 Å². The van der Waals surface area contributed by atoms with Crippen LogP contribution in [0.1, 0.15) is 35.3 Å². The third-order valence-electron chi connectivity index (χ3n) is 5.79. The molecule has 0 atom stereocenters. The predicted octanol–water partition coefficient (Wildman–Crippen LogP) is 7.77. The molecular weight excluding hydrogens is 495 g/mol. The van der Waals surface area contributed by atoms with E-state index in [1.165, 1.54) is 0 Å². The Balaban J connectivity index is 1.42. The smallest absolute Gasteiger partial charge is 0.303 e. The van der Waals surface area contributed by atoms with E-state index in [1.54, 1.807) is 18.3 Å². The molecule has 2 N–H and O–H groups in total. The molecule has 0 radical (unpaired) electrons. The third kappa shape index (κ3) is 6.51. The number of carbonyl (C=O) groups excluding carboxylic acids is 1. The Labute approximate surface area is 219 Å². The molecule has 3 aromatic carbocycles. The summed E-state index contributed by atoms with van der Waals surface area (Å²) in [5, 5.41) is 13.3. The minimum absolute atomic E-state index is 0.0254. The minimum atomic E-state index is -0.904. The second-order valence-electron chi connectivity index (χ2n) is 8.32. The maximum absolute atomic E-state index is 12.3. The average Bonchev–Trinajstić information content (AvgIpc) is 2.89. The molecule has 4 rings (SSSR count). The molecule has 0 spiro atoms. The van der Waals surface area contributed by atoms with Crippen molar-refractivity contribution in [2.75, 3.05) is 5.32 Å². The molecule has 1 aromatic heterocycles. The van der Waals surface area contributed by atoms with Crippen molar-refractivity contribution in [3.05, 3.63) is 106 Å².